The lowest BCUT2D eigenvalue weighted by Crippen LogP contribution is -2.29. The number of benzene rings is 1. The summed E-state index contributed by atoms with van der Waals surface area (Å²) >= 11 is 0. The lowest BCUT2D eigenvalue weighted by molar-refractivity contribution is -0.114. The molecule has 2 heterocycles. The van der Waals surface area contributed by atoms with Gasteiger partial charge in [0.1, 0.15) is 0 Å². The van der Waals surface area contributed by atoms with E-state index in [9.17, 15) is 9.59 Å². The van der Waals surface area contributed by atoms with Crippen molar-refractivity contribution in [1.82, 2.24) is 0 Å². The first-order valence-electron chi connectivity index (χ1n) is 6.41. The predicted molar refractivity (Wildman–Crippen MR) is 74.8 cm³/mol. The molecule has 1 aromatic carbocycles. The fourth-order valence-electron chi connectivity index (χ4n) is 2.48. The van der Waals surface area contributed by atoms with Gasteiger partial charge in [0.25, 0.3) is 5.91 Å². The van der Waals surface area contributed by atoms with Crippen LogP contribution in [0, 0.1) is 0 Å². The highest BCUT2D eigenvalue weighted by Gasteiger charge is 2.29. The molecule has 0 atom stereocenters. The predicted octanol–water partition coefficient (Wildman–Crippen LogP) is 2.44. The summed E-state index contributed by atoms with van der Waals surface area (Å²) in [6.07, 6.45) is 2.25. The van der Waals surface area contributed by atoms with Crippen LogP contribution in [-0.2, 0) is 11.2 Å². The molecule has 0 saturated heterocycles. The van der Waals surface area contributed by atoms with Gasteiger partial charge in [-0.25, -0.2) is 0 Å². The number of fused-ring (bicyclic) bond motifs is 1. The number of carbonyl (C=O) groups excluding carboxylic acids is 2. The van der Waals surface area contributed by atoms with Gasteiger partial charge >= 0.3 is 0 Å². The highest BCUT2D eigenvalue weighted by molar-refractivity contribution is 6.09. The average Bonchev–Trinajstić information content (AvgIpc) is 3.07. The molecule has 5 heteroatoms. The molecular formula is C15H14N2O3. The van der Waals surface area contributed by atoms with E-state index in [1.54, 1.807) is 23.1 Å². The van der Waals surface area contributed by atoms with E-state index in [-0.39, 0.29) is 11.8 Å². The summed E-state index contributed by atoms with van der Waals surface area (Å²) in [7, 11) is 0. The smallest absolute Gasteiger partial charge is 0.294 e. The molecule has 0 radical (unpaired) electrons. The molecule has 2 amide bonds. The van der Waals surface area contributed by atoms with Crippen LogP contribution in [-0.4, -0.2) is 18.4 Å². The molecule has 1 aliphatic rings. The molecule has 1 aromatic heterocycles. The molecular weight excluding hydrogens is 256 g/mol. The third-order valence-corrected chi connectivity index (χ3v) is 3.28. The molecule has 20 heavy (non-hydrogen) atoms. The monoisotopic (exact) mass is 270 g/mol. The van der Waals surface area contributed by atoms with Crippen molar-refractivity contribution in [1.29, 1.82) is 0 Å². The summed E-state index contributed by atoms with van der Waals surface area (Å²) in [5.41, 5.74) is 2.48. The molecule has 3 rings (SSSR count). The summed E-state index contributed by atoms with van der Waals surface area (Å²) in [5, 5.41) is 2.77. The molecule has 102 valence electrons. The molecule has 0 aliphatic carbocycles. The zero-order valence-electron chi connectivity index (χ0n) is 11.1. The Balaban J connectivity index is 2.00. The van der Waals surface area contributed by atoms with Crippen molar-refractivity contribution in [2.24, 2.45) is 0 Å². The van der Waals surface area contributed by atoms with Gasteiger partial charge in [-0.3, -0.25) is 9.59 Å². The van der Waals surface area contributed by atoms with Gasteiger partial charge in [0.15, 0.2) is 5.76 Å². The Bertz CT molecular complexity index is 662. The van der Waals surface area contributed by atoms with Crippen molar-refractivity contribution in [3.05, 3.63) is 47.9 Å². The number of furan rings is 1. The average molecular weight is 270 g/mol. The topological polar surface area (TPSA) is 62.6 Å². The van der Waals surface area contributed by atoms with E-state index in [2.05, 4.69) is 5.32 Å². The van der Waals surface area contributed by atoms with Crippen molar-refractivity contribution >= 4 is 23.2 Å². The molecule has 0 spiro atoms. The lowest BCUT2D eigenvalue weighted by atomic mass is 10.1. The Morgan fingerprint density at radius 2 is 2.10 bits per heavy atom. The van der Waals surface area contributed by atoms with E-state index in [0.717, 1.165) is 17.7 Å². The number of nitrogens with one attached hydrogen (secondary N) is 1. The SMILES string of the molecule is CC(=O)Nc1cccc2c1N(C(=O)c1ccco1)CC2. The number of nitrogens with zero attached hydrogens (tertiary/aromatic N) is 1. The van der Waals surface area contributed by atoms with Gasteiger partial charge in [-0.2, -0.15) is 0 Å². The summed E-state index contributed by atoms with van der Waals surface area (Å²) in [5.74, 6) is -0.0438. The first-order valence-corrected chi connectivity index (χ1v) is 6.41. The normalized spacial score (nSPS) is 13.2. The number of amides is 2. The van der Waals surface area contributed by atoms with Gasteiger partial charge in [-0.15, -0.1) is 0 Å². The second-order valence-corrected chi connectivity index (χ2v) is 4.68. The third kappa shape index (κ3) is 2.07. The van der Waals surface area contributed by atoms with E-state index in [1.807, 2.05) is 12.1 Å². The van der Waals surface area contributed by atoms with Crippen molar-refractivity contribution in [3.8, 4) is 0 Å². The molecule has 0 unspecified atom stereocenters. The standard InChI is InChI=1S/C15H14N2O3/c1-10(18)16-12-5-2-4-11-7-8-17(14(11)12)15(19)13-6-3-9-20-13/h2-6,9H,7-8H2,1H3,(H,16,18). The Kier molecular flexibility index (Phi) is 3.02. The lowest BCUT2D eigenvalue weighted by Gasteiger charge is -2.19. The van der Waals surface area contributed by atoms with Crippen LogP contribution in [0.25, 0.3) is 0 Å². The summed E-state index contributed by atoms with van der Waals surface area (Å²) in [4.78, 5) is 25.4. The second kappa shape index (κ2) is 4.85. The first-order chi connectivity index (χ1) is 9.66. The fourth-order valence-corrected chi connectivity index (χ4v) is 2.48. The Morgan fingerprint density at radius 3 is 2.80 bits per heavy atom. The van der Waals surface area contributed by atoms with Crippen molar-refractivity contribution in [2.75, 3.05) is 16.8 Å². The van der Waals surface area contributed by atoms with E-state index >= 15 is 0 Å². The highest BCUT2D eigenvalue weighted by atomic mass is 16.3. The van der Waals surface area contributed by atoms with Gasteiger partial charge < -0.3 is 14.6 Å². The zero-order chi connectivity index (χ0) is 14.1. The molecule has 0 bridgehead atoms. The third-order valence-electron chi connectivity index (χ3n) is 3.28. The molecule has 1 aliphatic heterocycles. The minimum absolute atomic E-state index is 0.157. The fraction of sp³-hybridized carbons (Fsp3) is 0.200. The minimum Gasteiger partial charge on any atom is -0.459 e. The van der Waals surface area contributed by atoms with E-state index in [1.165, 1.54) is 13.2 Å². The van der Waals surface area contributed by atoms with Crippen LogP contribution in [0.4, 0.5) is 11.4 Å². The van der Waals surface area contributed by atoms with Gasteiger partial charge in [0.2, 0.25) is 5.91 Å². The second-order valence-electron chi connectivity index (χ2n) is 4.68. The van der Waals surface area contributed by atoms with Crippen LogP contribution in [0.5, 0.6) is 0 Å². The van der Waals surface area contributed by atoms with Crippen LogP contribution in [0.2, 0.25) is 0 Å². The van der Waals surface area contributed by atoms with Gasteiger partial charge in [-0.1, -0.05) is 12.1 Å². The van der Waals surface area contributed by atoms with Crippen LogP contribution < -0.4 is 10.2 Å². The number of carbonyl (C=O) groups is 2. The van der Waals surface area contributed by atoms with Crippen LogP contribution in [0.1, 0.15) is 23.0 Å². The van der Waals surface area contributed by atoms with E-state index < -0.39 is 0 Å². The maximum atomic E-state index is 12.4. The zero-order valence-corrected chi connectivity index (χ0v) is 11.1. The number of para-hydroxylation sites is 1. The number of rotatable bonds is 2. The maximum absolute atomic E-state index is 12.4. The Morgan fingerprint density at radius 1 is 1.25 bits per heavy atom. The van der Waals surface area contributed by atoms with Crippen LogP contribution in [0.15, 0.2) is 41.0 Å². The van der Waals surface area contributed by atoms with E-state index in [0.29, 0.717) is 18.0 Å². The van der Waals surface area contributed by atoms with Crippen LogP contribution >= 0.6 is 0 Å². The molecule has 1 N–H and O–H groups in total. The number of anilines is 2. The molecule has 2 aromatic rings. The van der Waals surface area contributed by atoms with Gasteiger partial charge in [0.05, 0.1) is 17.6 Å². The van der Waals surface area contributed by atoms with Crippen molar-refractivity contribution < 1.29 is 14.0 Å². The molecule has 0 saturated carbocycles. The molecule has 5 nitrogen and oxygen atoms in total. The quantitative estimate of drug-likeness (QED) is 0.911. The van der Waals surface area contributed by atoms with Crippen LogP contribution in [0.3, 0.4) is 0 Å². The highest BCUT2D eigenvalue weighted by Crippen LogP contribution is 2.36. The minimum atomic E-state index is -0.188. The summed E-state index contributed by atoms with van der Waals surface area (Å²) in [6, 6.07) is 8.97. The van der Waals surface area contributed by atoms with Gasteiger partial charge in [-0.05, 0) is 30.2 Å². The van der Waals surface area contributed by atoms with Gasteiger partial charge in [0, 0.05) is 13.5 Å². The molecule has 0 fully saturated rings. The first kappa shape index (κ1) is 12.5. The summed E-state index contributed by atoms with van der Waals surface area (Å²) in [6.45, 7) is 2.04. The number of hydrogen-bond acceptors (Lipinski definition) is 3. The Hall–Kier alpha value is -2.56. The Labute approximate surface area is 116 Å². The summed E-state index contributed by atoms with van der Waals surface area (Å²) < 4.78 is 5.17. The largest absolute Gasteiger partial charge is 0.459 e. The van der Waals surface area contributed by atoms with E-state index in [4.69, 9.17) is 4.42 Å². The van der Waals surface area contributed by atoms with Crippen molar-refractivity contribution in [3.63, 3.8) is 0 Å². The van der Waals surface area contributed by atoms with Crippen molar-refractivity contribution in [2.45, 2.75) is 13.3 Å². The maximum Gasteiger partial charge on any atom is 0.294 e. The number of hydrogen-bond donors (Lipinski definition) is 1.